The molecule has 2 aliphatic rings. The molecule has 20 heavy (non-hydrogen) atoms. The third-order valence-corrected chi connectivity index (χ3v) is 4.77. The number of aliphatic hydroxyl groups excluding tert-OH is 1. The molecule has 116 valence electrons. The van der Waals surface area contributed by atoms with Crippen LogP contribution in [0.1, 0.15) is 51.4 Å². The minimum absolute atomic E-state index is 0.309. The Kier molecular flexibility index (Phi) is 6.80. The van der Waals surface area contributed by atoms with Gasteiger partial charge in [-0.2, -0.15) is 0 Å². The maximum absolute atomic E-state index is 12.4. The molecule has 2 fully saturated rings. The molecule has 0 bridgehead atoms. The van der Waals surface area contributed by atoms with Gasteiger partial charge in [0.25, 0.3) is 0 Å². The van der Waals surface area contributed by atoms with E-state index < -0.39 is 0 Å². The first-order valence-corrected chi connectivity index (χ1v) is 8.43. The summed E-state index contributed by atoms with van der Waals surface area (Å²) in [5.74, 6) is 0.740. The molecule has 0 spiro atoms. The monoisotopic (exact) mass is 282 g/mol. The molecule has 2 rings (SSSR count). The Bertz CT molecular complexity index is 282. The molecule has 1 aliphatic carbocycles. The van der Waals surface area contributed by atoms with Gasteiger partial charge in [0.1, 0.15) is 0 Å². The number of amides is 1. The summed E-state index contributed by atoms with van der Waals surface area (Å²) in [6.07, 6.45) is 9.20. The van der Waals surface area contributed by atoms with E-state index in [4.69, 9.17) is 5.11 Å². The van der Waals surface area contributed by atoms with Crippen molar-refractivity contribution < 1.29 is 9.90 Å². The first-order valence-electron chi connectivity index (χ1n) is 8.43. The van der Waals surface area contributed by atoms with Crippen molar-refractivity contribution in [2.24, 2.45) is 5.92 Å². The summed E-state index contributed by atoms with van der Waals surface area (Å²) in [4.78, 5) is 17.0. The van der Waals surface area contributed by atoms with Gasteiger partial charge in [-0.25, -0.2) is 0 Å². The molecule has 4 heteroatoms. The number of rotatable bonds is 6. The molecule has 1 saturated carbocycles. The summed E-state index contributed by atoms with van der Waals surface area (Å²) in [6, 6.07) is 0. The molecule has 0 radical (unpaired) electrons. The largest absolute Gasteiger partial charge is 0.396 e. The number of carbonyl (C=O) groups excluding carboxylic acids is 1. The van der Waals surface area contributed by atoms with Crippen LogP contribution in [-0.4, -0.2) is 60.1 Å². The third-order valence-electron chi connectivity index (χ3n) is 4.77. The van der Waals surface area contributed by atoms with E-state index in [2.05, 4.69) is 9.80 Å². The standard InChI is InChI=1S/C16H30N2O2/c19-14-6-2-5-9-17-10-12-18(13-11-17)16(20)15-7-3-1-4-8-15/h15,19H,1-14H2. The van der Waals surface area contributed by atoms with Gasteiger partial charge in [-0.15, -0.1) is 0 Å². The van der Waals surface area contributed by atoms with E-state index in [1.54, 1.807) is 0 Å². The van der Waals surface area contributed by atoms with E-state index in [1.807, 2.05) is 0 Å². The van der Waals surface area contributed by atoms with Crippen LogP contribution in [0.4, 0.5) is 0 Å². The smallest absolute Gasteiger partial charge is 0.225 e. The lowest BCUT2D eigenvalue weighted by atomic mass is 9.88. The zero-order valence-corrected chi connectivity index (χ0v) is 12.7. The van der Waals surface area contributed by atoms with Crippen molar-refractivity contribution in [1.29, 1.82) is 0 Å². The fourth-order valence-corrected chi connectivity index (χ4v) is 3.42. The van der Waals surface area contributed by atoms with Crippen molar-refractivity contribution in [3.8, 4) is 0 Å². The number of carbonyl (C=O) groups is 1. The van der Waals surface area contributed by atoms with Crippen LogP contribution in [0.5, 0.6) is 0 Å². The van der Waals surface area contributed by atoms with Gasteiger partial charge < -0.3 is 10.0 Å². The quantitative estimate of drug-likeness (QED) is 0.756. The summed E-state index contributed by atoms with van der Waals surface area (Å²) in [7, 11) is 0. The molecule has 1 N–H and O–H groups in total. The lowest BCUT2D eigenvalue weighted by molar-refractivity contribution is -0.138. The highest BCUT2D eigenvalue weighted by Crippen LogP contribution is 2.25. The molecule has 1 amide bonds. The predicted molar refractivity (Wildman–Crippen MR) is 80.5 cm³/mol. The normalized spacial score (nSPS) is 22.1. The molecule has 4 nitrogen and oxygen atoms in total. The van der Waals surface area contributed by atoms with Crippen LogP contribution in [0, 0.1) is 5.92 Å². The van der Waals surface area contributed by atoms with Crippen LogP contribution >= 0.6 is 0 Å². The van der Waals surface area contributed by atoms with Crippen LogP contribution in [0.25, 0.3) is 0 Å². The molecule has 0 aromatic heterocycles. The number of hydrogen-bond donors (Lipinski definition) is 1. The molecule has 0 unspecified atom stereocenters. The average molecular weight is 282 g/mol. The molecule has 0 atom stereocenters. The average Bonchev–Trinajstić information content (AvgIpc) is 2.52. The molecule has 1 aliphatic heterocycles. The van der Waals surface area contributed by atoms with E-state index in [0.717, 1.165) is 64.8 Å². The molecular weight excluding hydrogens is 252 g/mol. The van der Waals surface area contributed by atoms with Gasteiger partial charge in [0.2, 0.25) is 5.91 Å². The number of nitrogens with zero attached hydrogens (tertiary/aromatic N) is 2. The number of hydrogen-bond acceptors (Lipinski definition) is 3. The summed E-state index contributed by atoms with van der Waals surface area (Å²) in [6.45, 7) is 5.30. The second-order valence-corrected chi connectivity index (χ2v) is 6.29. The Morgan fingerprint density at radius 1 is 0.950 bits per heavy atom. The Morgan fingerprint density at radius 3 is 2.30 bits per heavy atom. The van der Waals surface area contributed by atoms with Crippen LogP contribution in [-0.2, 0) is 4.79 Å². The van der Waals surface area contributed by atoms with Gasteiger partial charge in [0.05, 0.1) is 0 Å². The lowest BCUT2D eigenvalue weighted by Crippen LogP contribution is -2.50. The number of aliphatic hydroxyl groups is 1. The Morgan fingerprint density at radius 2 is 1.65 bits per heavy atom. The number of piperazine rings is 1. The minimum atomic E-state index is 0.309. The topological polar surface area (TPSA) is 43.8 Å². The van der Waals surface area contributed by atoms with E-state index in [0.29, 0.717) is 18.4 Å². The predicted octanol–water partition coefficient (Wildman–Crippen LogP) is 1.87. The van der Waals surface area contributed by atoms with E-state index in [1.165, 1.54) is 19.3 Å². The van der Waals surface area contributed by atoms with Crippen molar-refractivity contribution >= 4 is 5.91 Å². The fourth-order valence-electron chi connectivity index (χ4n) is 3.42. The first kappa shape index (κ1) is 15.8. The second-order valence-electron chi connectivity index (χ2n) is 6.29. The van der Waals surface area contributed by atoms with Crippen molar-refractivity contribution in [2.75, 3.05) is 39.3 Å². The molecule has 0 aromatic carbocycles. The van der Waals surface area contributed by atoms with Crippen LogP contribution in [0.15, 0.2) is 0 Å². The van der Waals surface area contributed by atoms with Gasteiger partial charge >= 0.3 is 0 Å². The zero-order chi connectivity index (χ0) is 14.2. The van der Waals surface area contributed by atoms with Crippen LogP contribution < -0.4 is 0 Å². The molecular formula is C16H30N2O2. The van der Waals surface area contributed by atoms with Crippen molar-refractivity contribution in [3.05, 3.63) is 0 Å². The maximum Gasteiger partial charge on any atom is 0.225 e. The minimum Gasteiger partial charge on any atom is -0.396 e. The van der Waals surface area contributed by atoms with Gasteiger partial charge in [-0.3, -0.25) is 9.69 Å². The fraction of sp³-hybridized carbons (Fsp3) is 0.938. The SMILES string of the molecule is O=C(C1CCCCC1)N1CCN(CCCCCO)CC1. The van der Waals surface area contributed by atoms with Gasteiger partial charge in [-0.1, -0.05) is 19.3 Å². The Labute approximate surface area is 123 Å². The molecule has 0 aromatic rings. The van der Waals surface area contributed by atoms with Crippen molar-refractivity contribution in [2.45, 2.75) is 51.4 Å². The maximum atomic E-state index is 12.4. The molecule has 1 heterocycles. The van der Waals surface area contributed by atoms with Crippen molar-refractivity contribution in [3.63, 3.8) is 0 Å². The van der Waals surface area contributed by atoms with Crippen LogP contribution in [0.2, 0.25) is 0 Å². The van der Waals surface area contributed by atoms with E-state index >= 15 is 0 Å². The highest BCUT2D eigenvalue weighted by Gasteiger charge is 2.28. The lowest BCUT2D eigenvalue weighted by Gasteiger charge is -2.37. The van der Waals surface area contributed by atoms with Gasteiger partial charge in [-0.05, 0) is 38.6 Å². The van der Waals surface area contributed by atoms with E-state index in [9.17, 15) is 4.79 Å². The summed E-state index contributed by atoms with van der Waals surface area (Å²) in [5, 5.41) is 8.77. The van der Waals surface area contributed by atoms with E-state index in [-0.39, 0.29) is 0 Å². The zero-order valence-electron chi connectivity index (χ0n) is 12.7. The number of unbranched alkanes of at least 4 members (excludes halogenated alkanes) is 2. The Hall–Kier alpha value is -0.610. The summed E-state index contributed by atoms with van der Waals surface area (Å²) in [5.41, 5.74) is 0. The van der Waals surface area contributed by atoms with Gasteiger partial charge in [0, 0.05) is 38.7 Å². The molecule has 1 saturated heterocycles. The van der Waals surface area contributed by atoms with Crippen molar-refractivity contribution in [1.82, 2.24) is 9.80 Å². The first-order chi connectivity index (χ1) is 9.81. The van der Waals surface area contributed by atoms with Crippen LogP contribution in [0.3, 0.4) is 0 Å². The van der Waals surface area contributed by atoms with Gasteiger partial charge in [0.15, 0.2) is 0 Å². The highest BCUT2D eigenvalue weighted by atomic mass is 16.2. The third kappa shape index (κ3) is 4.74. The second kappa shape index (κ2) is 8.63. The Balaban J connectivity index is 1.64. The summed E-state index contributed by atoms with van der Waals surface area (Å²) < 4.78 is 0. The summed E-state index contributed by atoms with van der Waals surface area (Å²) >= 11 is 0. The highest BCUT2D eigenvalue weighted by molar-refractivity contribution is 5.79.